The lowest BCUT2D eigenvalue weighted by Crippen LogP contribution is -2.32. The van der Waals surface area contributed by atoms with Crippen molar-refractivity contribution in [3.05, 3.63) is 55.9 Å². The Labute approximate surface area is 110 Å². The fourth-order valence-corrected chi connectivity index (χ4v) is 2.30. The average Bonchev–Trinajstić information content (AvgIpc) is 2.93. The number of nitrogens with one attached hydrogen (secondary N) is 1. The number of aryl methyl sites for hydroxylation is 1. The highest BCUT2D eigenvalue weighted by Crippen LogP contribution is 2.09. The Balaban J connectivity index is 2.15. The molecule has 0 bridgehead atoms. The number of aromatic nitrogens is 2. The summed E-state index contributed by atoms with van der Waals surface area (Å²) in [5.41, 5.74) is 1.86. The highest BCUT2D eigenvalue weighted by molar-refractivity contribution is 7.09. The molecule has 0 aliphatic carbocycles. The quantitative estimate of drug-likeness (QED) is 0.688. The van der Waals surface area contributed by atoms with E-state index in [0.717, 1.165) is 11.5 Å². The van der Waals surface area contributed by atoms with E-state index >= 15 is 0 Å². The van der Waals surface area contributed by atoms with Gasteiger partial charge in [-0.15, -0.1) is 0 Å². The van der Waals surface area contributed by atoms with Crippen LogP contribution in [0.2, 0.25) is 0 Å². The molecule has 0 fully saturated rings. The van der Waals surface area contributed by atoms with Crippen molar-refractivity contribution in [1.29, 1.82) is 0 Å². The molecule has 0 saturated carbocycles. The van der Waals surface area contributed by atoms with Gasteiger partial charge in [-0.3, -0.25) is 15.0 Å². The van der Waals surface area contributed by atoms with Gasteiger partial charge in [0.15, 0.2) is 5.36 Å². The molecule has 0 amide bonds. The maximum absolute atomic E-state index is 12.0. The summed E-state index contributed by atoms with van der Waals surface area (Å²) >= 11 is 1.12. The van der Waals surface area contributed by atoms with Gasteiger partial charge < -0.3 is 0 Å². The van der Waals surface area contributed by atoms with Gasteiger partial charge in [0.05, 0.1) is 0 Å². The number of hydrogen-bond acceptors (Lipinski definition) is 7. The van der Waals surface area contributed by atoms with Crippen molar-refractivity contribution >= 4 is 27.4 Å². The predicted molar refractivity (Wildman–Crippen MR) is 72.7 cm³/mol. The molecule has 1 aromatic heterocycles. The lowest BCUT2D eigenvalue weighted by molar-refractivity contribution is 1.13. The molecule has 0 atom stereocenters. The van der Waals surface area contributed by atoms with Crippen LogP contribution in [0.5, 0.6) is 0 Å². The van der Waals surface area contributed by atoms with Crippen molar-refractivity contribution in [3.63, 3.8) is 0 Å². The highest BCUT2D eigenvalue weighted by atomic mass is 32.1. The molecular formula is C12H8N4O2S. The second-order valence-corrected chi connectivity index (χ2v) is 4.67. The number of rotatable bonds is 2. The van der Waals surface area contributed by atoms with Gasteiger partial charge in [-0.25, -0.2) is 4.98 Å². The largest absolute Gasteiger partial charge is 0.287 e. The molecule has 0 spiro atoms. The fraction of sp³-hybridized carbons (Fsp3) is 0.0833. The van der Waals surface area contributed by atoms with Gasteiger partial charge >= 0.3 is 0 Å². The molecule has 0 radical (unpaired) electrons. The number of hydrogen-bond donors (Lipinski definition) is 1. The van der Waals surface area contributed by atoms with Crippen LogP contribution in [0, 0.1) is 6.92 Å². The average molecular weight is 272 g/mol. The summed E-state index contributed by atoms with van der Waals surface area (Å²) in [5.74, 6) is 0.611. The third-order valence-electron chi connectivity index (χ3n) is 2.64. The molecule has 3 aromatic rings. The molecular weight excluding hydrogens is 264 g/mol. The van der Waals surface area contributed by atoms with Crippen LogP contribution in [0.25, 0.3) is 10.8 Å². The van der Waals surface area contributed by atoms with Crippen molar-refractivity contribution in [2.24, 2.45) is 5.10 Å². The summed E-state index contributed by atoms with van der Waals surface area (Å²) in [7, 11) is 0. The van der Waals surface area contributed by atoms with Gasteiger partial charge in [0.1, 0.15) is 5.82 Å². The molecule has 7 heteroatoms. The topological polar surface area (TPSA) is 84.3 Å². The summed E-state index contributed by atoms with van der Waals surface area (Å²) in [6.45, 7) is 1.75. The lowest BCUT2D eigenvalue weighted by atomic mass is 10.2. The maximum Gasteiger partial charge on any atom is 0.223 e. The minimum absolute atomic E-state index is 0.117. The number of anilines is 1. The van der Waals surface area contributed by atoms with Crippen LogP contribution in [-0.2, 0) is 0 Å². The molecule has 1 heterocycles. The molecule has 6 nitrogen and oxygen atoms in total. The van der Waals surface area contributed by atoms with Crippen LogP contribution in [0.4, 0.5) is 5.13 Å². The van der Waals surface area contributed by atoms with Crippen LogP contribution in [0.15, 0.2) is 39.0 Å². The van der Waals surface area contributed by atoms with Crippen LogP contribution < -0.4 is 21.6 Å². The Bertz CT molecular complexity index is 856. The molecule has 0 unspecified atom stereocenters. The van der Waals surface area contributed by atoms with Crippen LogP contribution >= 0.6 is 11.5 Å². The number of fused-ring (bicyclic) bond motifs is 1. The second-order valence-electron chi connectivity index (χ2n) is 3.92. The van der Waals surface area contributed by atoms with Crippen molar-refractivity contribution in [2.45, 2.75) is 6.92 Å². The summed E-state index contributed by atoms with van der Waals surface area (Å²) < 4.78 is 3.97. The van der Waals surface area contributed by atoms with E-state index in [2.05, 4.69) is 19.9 Å². The van der Waals surface area contributed by atoms with Gasteiger partial charge in [-0.1, -0.05) is 24.3 Å². The number of benzene rings is 1. The Morgan fingerprint density at radius 1 is 1.16 bits per heavy atom. The first-order valence-electron chi connectivity index (χ1n) is 5.49. The molecule has 1 N–H and O–H groups in total. The van der Waals surface area contributed by atoms with Gasteiger partial charge in [0, 0.05) is 22.3 Å². The molecule has 94 valence electrons. The van der Waals surface area contributed by atoms with E-state index < -0.39 is 0 Å². The zero-order chi connectivity index (χ0) is 13.4. The monoisotopic (exact) mass is 272 g/mol. The zero-order valence-electron chi connectivity index (χ0n) is 9.88. The van der Waals surface area contributed by atoms with Gasteiger partial charge in [-0.05, 0) is 6.92 Å². The first kappa shape index (κ1) is 11.7. The molecule has 19 heavy (non-hydrogen) atoms. The highest BCUT2D eigenvalue weighted by Gasteiger charge is 2.10. The summed E-state index contributed by atoms with van der Waals surface area (Å²) in [6, 6.07) is 6.67. The van der Waals surface area contributed by atoms with E-state index in [1.54, 1.807) is 31.2 Å². The standard InChI is InChI=1S/C12H8N4O2S/c1-6-13-12(19-16-6)15-14-9-10(17)7-4-2-3-5-8(7)11(9)18/h2-5H,1H3,(H,13,15,16). The molecule has 0 aliphatic heterocycles. The third-order valence-corrected chi connectivity index (χ3v) is 3.35. The zero-order valence-corrected chi connectivity index (χ0v) is 10.7. The Hall–Kier alpha value is -2.41. The first-order valence-corrected chi connectivity index (χ1v) is 6.26. The smallest absolute Gasteiger partial charge is 0.223 e. The van der Waals surface area contributed by atoms with Crippen molar-refractivity contribution < 1.29 is 0 Å². The minimum atomic E-state index is -0.366. The lowest BCUT2D eigenvalue weighted by Gasteiger charge is -1.87. The van der Waals surface area contributed by atoms with E-state index in [9.17, 15) is 9.59 Å². The Kier molecular flexibility index (Phi) is 2.68. The van der Waals surface area contributed by atoms with Gasteiger partial charge in [-0.2, -0.15) is 9.47 Å². The molecule has 0 aliphatic rings. The minimum Gasteiger partial charge on any atom is -0.287 e. The second kappa shape index (κ2) is 4.36. The van der Waals surface area contributed by atoms with E-state index in [0.29, 0.717) is 21.7 Å². The fourth-order valence-electron chi connectivity index (χ4n) is 1.79. The van der Waals surface area contributed by atoms with Crippen LogP contribution in [0.1, 0.15) is 5.82 Å². The Morgan fingerprint density at radius 2 is 1.79 bits per heavy atom. The van der Waals surface area contributed by atoms with Crippen molar-refractivity contribution in [2.75, 3.05) is 5.43 Å². The molecule has 3 rings (SSSR count). The maximum atomic E-state index is 12.0. The van der Waals surface area contributed by atoms with E-state index in [4.69, 9.17) is 0 Å². The van der Waals surface area contributed by atoms with Gasteiger partial charge in [0.2, 0.25) is 16.0 Å². The number of nitrogens with zero attached hydrogens (tertiary/aromatic N) is 3. The Morgan fingerprint density at radius 3 is 2.32 bits per heavy atom. The molecule has 0 saturated heterocycles. The van der Waals surface area contributed by atoms with E-state index in [-0.39, 0.29) is 16.2 Å². The van der Waals surface area contributed by atoms with E-state index in [1.807, 2.05) is 0 Å². The summed E-state index contributed by atoms with van der Waals surface area (Å²) in [6.07, 6.45) is 0. The SMILES string of the molecule is Cc1nsc(NN=c2c(=O)c3ccccc3c2=O)n1. The predicted octanol–water partition coefficient (Wildman–Crippen LogP) is 0.524. The van der Waals surface area contributed by atoms with Crippen molar-refractivity contribution in [1.82, 2.24) is 9.36 Å². The van der Waals surface area contributed by atoms with Crippen molar-refractivity contribution in [3.8, 4) is 0 Å². The van der Waals surface area contributed by atoms with Gasteiger partial charge in [0.25, 0.3) is 0 Å². The van der Waals surface area contributed by atoms with Crippen LogP contribution in [0.3, 0.4) is 0 Å². The molecule has 2 aromatic carbocycles. The van der Waals surface area contributed by atoms with E-state index in [1.165, 1.54) is 0 Å². The normalized spacial score (nSPS) is 10.8. The summed E-state index contributed by atoms with van der Waals surface area (Å²) in [5, 5.41) is 4.97. The third kappa shape index (κ3) is 1.93. The summed E-state index contributed by atoms with van der Waals surface area (Å²) in [4.78, 5) is 28.1. The van der Waals surface area contributed by atoms with Crippen LogP contribution in [-0.4, -0.2) is 9.36 Å². The first-order chi connectivity index (χ1) is 9.16.